The first-order valence-corrected chi connectivity index (χ1v) is 55.1. The SMILES string of the molecule is O=C1c2cc(Oc3cc(-c4ccccc4)cc(-c4ccccc4)c3)c3c4c(Oc5cc(-c6ccccc6)cc(-c6ccccc6)c5)cc5c6c(cc(Oc7cc(-c8ccccc8)cc(-c8ccccc8)c7)c(c7c(Oc8cc(-c9ccccc9)cc(-c9ccccc9)c8)cc(c2c37)C(=O)N1c1c(CCC2CCCCC2)cccc1CCC1CCCCC1)c64)C(=O)N(c1c(CCC2CCCCC2)cccc1CCC1CCCCC1)C5=O. The average molecular weight is 1960 g/mol. The van der Waals surface area contributed by atoms with Gasteiger partial charge in [0.1, 0.15) is 46.0 Å². The molecule has 0 unspecified atom stereocenters. The molecule has 10 nitrogen and oxygen atoms in total. The molecule has 0 bridgehead atoms. The van der Waals surface area contributed by atoms with Crippen molar-refractivity contribution in [2.45, 2.75) is 180 Å². The number of rotatable bonds is 30. The third-order valence-electron chi connectivity index (χ3n) is 33.3. The number of hydrogen-bond donors (Lipinski definition) is 0. The van der Waals surface area contributed by atoms with E-state index in [4.69, 9.17) is 18.9 Å². The number of hydrogen-bond acceptors (Lipinski definition) is 8. The van der Waals surface area contributed by atoms with Crippen molar-refractivity contribution >= 4 is 78.1 Å². The largest absolute Gasteiger partial charge is 0.457 e. The molecule has 25 rings (SSSR count). The van der Waals surface area contributed by atoms with Crippen molar-refractivity contribution in [1.82, 2.24) is 0 Å². The molecule has 0 radical (unpaired) electrons. The zero-order chi connectivity index (χ0) is 100. The number of para-hydroxylation sites is 2. The molecule has 0 spiro atoms. The van der Waals surface area contributed by atoms with Crippen LogP contribution in [0, 0.1) is 23.7 Å². The van der Waals surface area contributed by atoms with Crippen LogP contribution in [0.5, 0.6) is 46.0 Å². The van der Waals surface area contributed by atoms with Gasteiger partial charge in [-0.05, 0) is 283 Å². The summed E-state index contributed by atoms with van der Waals surface area (Å²) in [6.45, 7) is 0. The van der Waals surface area contributed by atoms with Crippen LogP contribution in [0.2, 0.25) is 0 Å². The second kappa shape index (κ2) is 42.3. The Labute approximate surface area is 879 Å². The molecule has 6 aliphatic rings. The summed E-state index contributed by atoms with van der Waals surface area (Å²) in [4.78, 5) is 76.1. The Bertz CT molecular complexity index is 7090. The van der Waals surface area contributed by atoms with Gasteiger partial charge in [-0.15, -0.1) is 0 Å². The first-order chi connectivity index (χ1) is 74.0. The lowest BCUT2D eigenvalue weighted by molar-refractivity contribution is 0.0877. The topological polar surface area (TPSA) is 112 Å². The summed E-state index contributed by atoms with van der Waals surface area (Å²) in [5.74, 6) is 2.57. The number of imide groups is 2. The number of fused-ring (bicyclic) bond motifs is 2. The molecule has 10 heteroatoms. The number of nitrogens with zero attached hydrogens (tertiary/aromatic N) is 2. The zero-order valence-electron chi connectivity index (χ0n) is 85.1. The smallest absolute Gasteiger partial charge is 0.266 e. The molecule has 740 valence electrons. The molecule has 0 saturated heterocycles. The number of carbonyl (C=O) groups is 4. The number of ether oxygens (including phenoxy) is 4. The van der Waals surface area contributed by atoms with Crippen LogP contribution in [0.15, 0.2) is 376 Å². The highest BCUT2D eigenvalue weighted by Gasteiger charge is 2.45. The second-order valence-electron chi connectivity index (χ2n) is 42.9. The lowest BCUT2D eigenvalue weighted by atomic mass is 9.80. The predicted octanol–water partition coefficient (Wildman–Crippen LogP) is 37.9. The highest BCUT2D eigenvalue weighted by Crippen LogP contribution is 2.61. The van der Waals surface area contributed by atoms with Crippen LogP contribution < -0.4 is 28.7 Å². The Hall–Kier alpha value is -16.0. The van der Waals surface area contributed by atoms with E-state index in [9.17, 15) is 0 Å². The average Bonchev–Trinajstić information content (AvgIpc) is 0.666. The van der Waals surface area contributed by atoms with Gasteiger partial charge in [-0.3, -0.25) is 19.2 Å². The van der Waals surface area contributed by atoms with E-state index in [1.807, 2.05) is 72.8 Å². The zero-order valence-corrected chi connectivity index (χ0v) is 85.1. The van der Waals surface area contributed by atoms with Crippen LogP contribution in [-0.2, 0) is 25.7 Å². The Morgan fingerprint density at radius 3 is 0.540 bits per heavy atom. The third kappa shape index (κ3) is 19.1. The fourth-order valence-corrected chi connectivity index (χ4v) is 25.8. The maximum absolute atomic E-state index is 18.2. The van der Waals surface area contributed by atoms with E-state index in [0.29, 0.717) is 127 Å². The van der Waals surface area contributed by atoms with Gasteiger partial charge in [0.25, 0.3) is 23.6 Å². The van der Waals surface area contributed by atoms with Gasteiger partial charge >= 0.3 is 0 Å². The lowest BCUT2D eigenvalue weighted by Crippen LogP contribution is -2.42. The number of carbonyl (C=O) groups excluding carboxylic acids is 4. The van der Waals surface area contributed by atoms with Crippen LogP contribution >= 0.6 is 0 Å². The Morgan fingerprint density at radius 2 is 0.360 bits per heavy atom. The number of amides is 4. The van der Waals surface area contributed by atoms with E-state index in [-0.39, 0.29) is 45.3 Å². The van der Waals surface area contributed by atoms with Crippen LogP contribution in [0.1, 0.15) is 218 Å². The molecule has 2 heterocycles. The molecule has 4 amide bonds. The highest BCUT2D eigenvalue weighted by atomic mass is 16.5. The van der Waals surface area contributed by atoms with Gasteiger partial charge in [0.05, 0.1) is 33.6 Å². The molecule has 150 heavy (non-hydrogen) atoms. The van der Waals surface area contributed by atoms with E-state index in [1.165, 1.54) is 77.0 Å². The Balaban J connectivity index is 0.847. The molecule has 19 aromatic rings. The van der Waals surface area contributed by atoms with Gasteiger partial charge in [-0.1, -0.05) is 407 Å². The van der Waals surface area contributed by atoms with E-state index in [2.05, 4.69) is 303 Å². The quantitative estimate of drug-likeness (QED) is 0.0249. The van der Waals surface area contributed by atoms with Crippen molar-refractivity contribution in [3.63, 3.8) is 0 Å². The van der Waals surface area contributed by atoms with Crippen molar-refractivity contribution in [1.29, 1.82) is 0 Å². The molecule has 0 atom stereocenters. The van der Waals surface area contributed by atoms with Crippen LogP contribution in [0.3, 0.4) is 0 Å². The molecule has 2 aliphatic heterocycles. The van der Waals surface area contributed by atoms with Gasteiger partial charge in [0, 0.05) is 43.1 Å². The van der Waals surface area contributed by atoms with Crippen molar-refractivity contribution in [3.05, 3.63) is 421 Å². The van der Waals surface area contributed by atoms with Gasteiger partial charge in [-0.25, -0.2) is 9.80 Å². The molecule has 4 saturated carbocycles. The highest BCUT2D eigenvalue weighted by molar-refractivity contribution is 6.48. The van der Waals surface area contributed by atoms with E-state index in [1.54, 1.807) is 9.80 Å². The molecule has 4 aliphatic carbocycles. The van der Waals surface area contributed by atoms with E-state index < -0.39 is 23.6 Å². The molecular formula is C140H122N2O8. The van der Waals surface area contributed by atoms with Gasteiger partial charge in [-0.2, -0.15) is 0 Å². The van der Waals surface area contributed by atoms with E-state index in [0.717, 1.165) is 188 Å². The molecule has 19 aromatic carbocycles. The van der Waals surface area contributed by atoms with Crippen molar-refractivity contribution in [3.8, 4) is 135 Å². The summed E-state index contributed by atoms with van der Waals surface area (Å²) >= 11 is 0. The van der Waals surface area contributed by atoms with Gasteiger partial charge in [0.15, 0.2) is 0 Å². The minimum atomic E-state index is -0.506. The van der Waals surface area contributed by atoms with Crippen LogP contribution in [0.25, 0.3) is 132 Å². The normalized spacial score (nSPS) is 15.3. The number of aryl methyl sites for hydroxylation is 4. The van der Waals surface area contributed by atoms with Crippen molar-refractivity contribution in [2.24, 2.45) is 23.7 Å². The third-order valence-corrected chi connectivity index (χ3v) is 33.3. The molecule has 0 aromatic heterocycles. The summed E-state index contributed by atoms with van der Waals surface area (Å²) in [6, 6.07) is 129. The number of benzene rings is 19. The molecule has 0 N–H and O–H groups in total. The first-order valence-electron chi connectivity index (χ1n) is 55.1. The van der Waals surface area contributed by atoms with Crippen LogP contribution in [-0.4, -0.2) is 23.6 Å². The standard InChI is InChI=1S/C140H122N2O8/c143-137-119-87-123(147-115-79-107(95-47-21-5-22-48-95)75-108(80-115)96-49-23-6-24-50-96)129-131-125(149-117-83-111(99-55-29-9-30-56-99)77-112(84-117)100-57-31-10-32-58-100)89-121-128-122(140(146)142(139(121)145)136-105(73-69-93-43-17-3-18-44-93)65-38-66-106(136)74-70-94-45-19-4-20-46-94)90-126(150-118-85-113(101-59-33-11-34-60-101)78-114(86-118)102-61-35-12-36-62-102)132(134(128)131)130-124(148-116-81-109(97-51-25-7-26-52-97)76-110(82-116)98-53-27-8-28-54-98)88-120(127(119)133(129)130)138(144)141(137)135-103(71-67-91-39-13-1-14-40-91)63-37-64-104(135)72-68-92-41-15-2-16-42-92/h5-12,21-38,47-66,75-94H,1-4,13-20,39-46,67-74H2. The Kier molecular flexibility index (Phi) is 26.8. The minimum Gasteiger partial charge on any atom is -0.457 e. The fourth-order valence-electron chi connectivity index (χ4n) is 25.8. The monoisotopic (exact) mass is 1960 g/mol. The molecule has 4 fully saturated rings. The lowest BCUT2D eigenvalue weighted by Gasteiger charge is -2.34. The summed E-state index contributed by atoms with van der Waals surface area (Å²) in [5.41, 5.74) is 20.5. The summed E-state index contributed by atoms with van der Waals surface area (Å²) < 4.78 is 33.1. The maximum atomic E-state index is 18.2. The summed E-state index contributed by atoms with van der Waals surface area (Å²) in [5, 5.41) is 3.21. The second-order valence-corrected chi connectivity index (χ2v) is 42.9. The Morgan fingerprint density at radius 1 is 0.180 bits per heavy atom. The predicted molar refractivity (Wildman–Crippen MR) is 612 cm³/mol. The molecular weight excluding hydrogens is 1840 g/mol. The van der Waals surface area contributed by atoms with Crippen molar-refractivity contribution < 1.29 is 38.1 Å². The summed E-state index contributed by atoms with van der Waals surface area (Å²) in [7, 11) is 0. The number of anilines is 2. The maximum Gasteiger partial charge on any atom is 0.266 e. The van der Waals surface area contributed by atoms with E-state index >= 15 is 19.2 Å². The first kappa shape index (κ1) is 94.9. The fraction of sp³-hybridized carbons (Fsp3) is 0.229. The van der Waals surface area contributed by atoms with Crippen molar-refractivity contribution in [2.75, 3.05) is 9.80 Å². The summed E-state index contributed by atoms with van der Waals surface area (Å²) in [6.07, 6.45) is 29.7. The van der Waals surface area contributed by atoms with Gasteiger partial charge in [0.2, 0.25) is 0 Å². The van der Waals surface area contributed by atoms with Gasteiger partial charge < -0.3 is 18.9 Å². The minimum absolute atomic E-state index is 0.221. The van der Waals surface area contributed by atoms with Crippen LogP contribution in [0.4, 0.5) is 11.4 Å².